The van der Waals surface area contributed by atoms with Gasteiger partial charge in [0.15, 0.2) is 5.75 Å². The van der Waals surface area contributed by atoms with E-state index < -0.39 is 26.0 Å². The molecule has 4 rings (SSSR count). The van der Waals surface area contributed by atoms with Crippen LogP contribution in [0, 0.1) is 0 Å². The van der Waals surface area contributed by atoms with E-state index in [1.807, 2.05) is 0 Å². The van der Waals surface area contributed by atoms with E-state index in [9.17, 15) is 16.8 Å². The number of fused-ring (bicyclic) bond motifs is 1. The van der Waals surface area contributed by atoms with Gasteiger partial charge in [0.05, 0.1) is 12.2 Å². The molecule has 10 heteroatoms. The summed E-state index contributed by atoms with van der Waals surface area (Å²) in [5.74, 6) is -1.14. The normalized spacial score (nSPS) is 15.3. The summed E-state index contributed by atoms with van der Waals surface area (Å²) in [6.07, 6.45) is 0. The van der Waals surface area contributed by atoms with Gasteiger partial charge in [-0.15, -0.1) is 0 Å². The summed E-state index contributed by atoms with van der Waals surface area (Å²) in [4.78, 5) is -0.114. The smallest absolute Gasteiger partial charge is 0.339 e. The highest BCUT2D eigenvalue weighted by atomic mass is 32.2. The second kappa shape index (κ2) is 8.12. The van der Waals surface area contributed by atoms with E-state index >= 15 is 0 Å². The maximum Gasteiger partial charge on any atom is 0.339 e. The molecular formula is C22H20O8S2. The van der Waals surface area contributed by atoms with Gasteiger partial charge in [0.1, 0.15) is 21.3 Å². The van der Waals surface area contributed by atoms with Crippen LogP contribution >= 0.6 is 0 Å². The van der Waals surface area contributed by atoms with Gasteiger partial charge in [-0.3, -0.25) is 0 Å². The Morgan fingerprint density at radius 1 is 0.781 bits per heavy atom. The second-order valence-electron chi connectivity index (χ2n) is 7.39. The van der Waals surface area contributed by atoms with Crippen molar-refractivity contribution in [3.8, 4) is 17.2 Å². The van der Waals surface area contributed by atoms with Crippen LogP contribution in [0.15, 0.2) is 82.6 Å². The van der Waals surface area contributed by atoms with Crippen LogP contribution < -0.4 is 13.1 Å². The topological polar surface area (TPSA) is 105 Å². The monoisotopic (exact) mass is 476 g/mol. The summed E-state index contributed by atoms with van der Waals surface area (Å²) in [6, 6.07) is 17.7. The maximum atomic E-state index is 12.8. The predicted molar refractivity (Wildman–Crippen MR) is 114 cm³/mol. The van der Waals surface area contributed by atoms with Crippen LogP contribution in [0.2, 0.25) is 0 Å². The highest BCUT2D eigenvalue weighted by Gasteiger charge is 2.32. The molecule has 32 heavy (non-hydrogen) atoms. The Bertz CT molecular complexity index is 1330. The Balaban J connectivity index is 1.76. The first-order valence-corrected chi connectivity index (χ1v) is 12.4. The highest BCUT2D eigenvalue weighted by molar-refractivity contribution is 7.87. The fraction of sp³-hybridized carbons (Fsp3) is 0.182. The highest BCUT2D eigenvalue weighted by Crippen LogP contribution is 2.42. The summed E-state index contributed by atoms with van der Waals surface area (Å²) in [7, 11) is -8.38. The van der Waals surface area contributed by atoms with Gasteiger partial charge in [-0.25, -0.2) is 0 Å². The van der Waals surface area contributed by atoms with Crippen molar-refractivity contribution in [3.05, 3.63) is 78.4 Å². The lowest BCUT2D eigenvalue weighted by Gasteiger charge is -2.33. The minimum atomic E-state index is -4.20. The lowest BCUT2D eigenvalue weighted by molar-refractivity contribution is -0.180. The van der Waals surface area contributed by atoms with Crippen molar-refractivity contribution >= 4 is 20.2 Å². The largest absolute Gasteiger partial charge is 0.462 e. The van der Waals surface area contributed by atoms with E-state index in [1.165, 1.54) is 36.4 Å². The SMILES string of the molecule is CC1(C)OCc2c(cc(OS(=O)(=O)c3ccccc3)cc2OS(=O)(=O)c2ccccc2)O1. The average molecular weight is 477 g/mol. The van der Waals surface area contributed by atoms with Gasteiger partial charge in [0, 0.05) is 26.0 Å². The molecular weight excluding hydrogens is 456 g/mol. The summed E-state index contributed by atoms with van der Waals surface area (Å²) in [6.45, 7) is 3.34. The zero-order valence-electron chi connectivity index (χ0n) is 17.2. The Morgan fingerprint density at radius 2 is 1.31 bits per heavy atom. The van der Waals surface area contributed by atoms with Crippen LogP contribution in [0.4, 0.5) is 0 Å². The Kier molecular flexibility index (Phi) is 5.61. The van der Waals surface area contributed by atoms with Crippen LogP contribution in [0.25, 0.3) is 0 Å². The summed E-state index contributed by atoms with van der Waals surface area (Å²) in [5, 5.41) is 0. The zero-order valence-corrected chi connectivity index (χ0v) is 18.9. The van der Waals surface area contributed by atoms with E-state index in [-0.39, 0.29) is 33.6 Å². The Morgan fingerprint density at radius 3 is 1.88 bits per heavy atom. The van der Waals surface area contributed by atoms with Crippen molar-refractivity contribution in [2.75, 3.05) is 0 Å². The fourth-order valence-corrected chi connectivity index (χ4v) is 4.92. The molecule has 0 saturated carbocycles. The van der Waals surface area contributed by atoms with Crippen molar-refractivity contribution in [3.63, 3.8) is 0 Å². The molecule has 0 unspecified atom stereocenters. The number of ether oxygens (including phenoxy) is 2. The van der Waals surface area contributed by atoms with Crippen molar-refractivity contribution in [1.82, 2.24) is 0 Å². The molecule has 0 atom stereocenters. The molecule has 1 aliphatic heterocycles. The second-order valence-corrected chi connectivity index (χ2v) is 10.5. The van der Waals surface area contributed by atoms with Gasteiger partial charge in [-0.1, -0.05) is 36.4 Å². The number of rotatable bonds is 6. The van der Waals surface area contributed by atoms with E-state index in [0.29, 0.717) is 5.56 Å². The molecule has 0 aliphatic carbocycles. The fourth-order valence-electron chi connectivity index (χ4n) is 3.01. The number of hydrogen-bond donors (Lipinski definition) is 0. The average Bonchev–Trinajstić information content (AvgIpc) is 2.73. The number of hydrogen-bond acceptors (Lipinski definition) is 8. The quantitative estimate of drug-likeness (QED) is 0.494. The predicted octanol–water partition coefficient (Wildman–Crippen LogP) is 3.87. The molecule has 0 amide bonds. The maximum absolute atomic E-state index is 12.8. The summed E-state index contributed by atoms with van der Waals surface area (Å²) >= 11 is 0. The molecule has 0 N–H and O–H groups in total. The molecule has 0 bridgehead atoms. The van der Waals surface area contributed by atoms with Crippen LogP contribution in [0.5, 0.6) is 17.2 Å². The minimum absolute atomic E-state index is 0.00626. The molecule has 3 aromatic carbocycles. The molecule has 0 fully saturated rings. The lowest BCUT2D eigenvalue weighted by atomic mass is 10.1. The van der Waals surface area contributed by atoms with Crippen LogP contribution in [-0.4, -0.2) is 22.6 Å². The molecule has 0 aromatic heterocycles. The van der Waals surface area contributed by atoms with Crippen LogP contribution in [0.3, 0.4) is 0 Å². The molecule has 1 aliphatic rings. The number of benzene rings is 3. The van der Waals surface area contributed by atoms with E-state index in [0.717, 1.165) is 0 Å². The standard InChI is InChI=1S/C22H20O8S2/c1-22(2)27-15-19-20(28-22)13-16(29-31(23,24)17-9-5-3-6-10-17)14-21(19)30-32(25,26)18-11-7-4-8-12-18/h3-14H,15H2,1-2H3. The molecule has 3 aromatic rings. The summed E-state index contributed by atoms with van der Waals surface area (Å²) in [5.41, 5.74) is 0.313. The molecule has 168 valence electrons. The lowest BCUT2D eigenvalue weighted by Crippen LogP contribution is -2.35. The molecule has 0 radical (unpaired) electrons. The first-order chi connectivity index (χ1) is 15.1. The molecule has 0 spiro atoms. The third-order valence-corrected chi connectivity index (χ3v) is 7.04. The van der Waals surface area contributed by atoms with Gasteiger partial charge in [-0.2, -0.15) is 16.8 Å². The summed E-state index contributed by atoms with van der Waals surface area (Å²) < 4.78 is 72.9. The van der Waals surface area contributed by atoms with Gasteiger partial charge >= 0.3 is 20.2 Å². The van der Waals surface area contributed by atoms with E-state index in [4.69, 9.17) is 17.8 Å². The third kappa shape index (κ3) is 4.72. The molecule has 1 heterocycles. The van der Waals surface area contributed by atoms with Gasteiger partial charge in [-0.05, 0) is 24.3 Å². The van der Waals surface area contributed by atoms with Gasteiger partial charge in [0.25, 0.3) is 0 Å². The van der Waals surface area contributed by atoms with Crippen molar-refractivity contribution in [2.24, 2.45) is 0 Å². The van der Waals surface area contributed by atoms with E-state index in [1.54, 1.807) is 50.2 Å². The first-order valence-electron chi connectivity index (χ1n) is 9.55. The third-order valence-electron chi connectivity index (χ3n) is 4.53. The van der Waals surface area contributed by atoms with Crippen LogP contribution in [-0.2, 0) is 31.6 Å². The molecule has 0 saturated heterocycles. The first kappa shape index (κ1) is 22.1. The van der Waals surface area contributed by atoms with Crippen molar-refractivity contribution in [2.45, 2.75) is 36.0 Å². The molecule has 8 nitrogen and oxygen atoms in total. The minimum Gasteiger partial charge on any atom is -0.462 e. The van der Waals surface area contributed by atoms with Crippen molar-refractivity contribution in [1.29, 1.82) is 0 Å². The van der Waals surface area contributed by atoms with Gasteiger partial charge in [0.2, 0.25) is 5.79 Å². The Labute approximate surface area is 186 Å². The van der Waals surface area contributed by atoms with Crippen LogP contribution in [0.1, 0.15) is 19.4 Å². The zero-order chi connectivity index (χ0) is 23.0. The van der Waals surface area contributed by atoms with Crippen molar-refractivity contribution < 1.29 is 34.7 Å². The van der Waals surface area contributed by atoms with Gasteiger partial charge < -0.3 is 17.8 Å². The Hall–Kier alpha value is -3.08. The van der Waals surface area contributed by atoms with E-state index in [2.05, 4.69) is 0 Å².